The molecule has 4 aliphatic rings. The standard InChI is InChI=1S/C26H33N3O/c1-27-16-20(22-8-2-3-10-24(22)27)15-25(30)29-12-6-7-18-13-19-14-21(26(18)29)17-28-11-5-4-9-23(19)28/h2-3,8,10,13,16,19,21,23,26H,4-7,9,11-12,14-15,17H2,1H3. The zero-order valence-electron chi connectivity index (χ0n) is 18.1. The van der Waals surface area contributed by atoms with Gasteiger partial charge in [-0.1, -0.05) is 36.3 Å². The Labute approximate surface area is 179 Å². The summed E-state index contributed by atoms with van der Waals surface area (Å²) >= 11 is 0. The Morgan fingerprint density at radius 3 is 2.97 bits per heavy atom. The van der Waals surface area contributed by atoms with Gasteiger partial charge in [0.05, 0.1) is 12.5 Å². The van der Waals surface area contributed by atoms with E-state index in [4.69, 9.17) is 0 Å². The molecule has 1 amide bonds. The van der Waals surface area contributed by atoms with Crippen LogP contribution in [0.5, 0.6) is 0 Å². The van der Waals surface area contributed by atoms with E-state index in [2.05, 4.69) is 58.0 Å². The van der Waals surface area contributed by atoms with Crippen LogP contribution in [0.15, 0.2) is 42.1 Å². The first kappa shape index (κ1) is 18.7. The molecule has 3 saturated heterocycles. The van der Waals surface area contributed by atoms with Crippen molar-refractivity contribution in [3.8, 4) is 0 Å². The number of para-hydroxylation sites is 1. The molecule has 1 aliphatic carbocycles. The van der Waals surface area contributed by atoms with Gasteiger partial charge in [0.15, 0.2) is 0 Å². The van der Waals surface area contributed by atoms with E-state index in [-0.39, 0.29) is 0 Å². The molecule has 3 aliphatic heterocycles. The second-order valence-corrected chi connectivity index (χ2v) is 10.1. The van der Waals surface area contributed by atoms with Gasteiger partial charge in [0.2, 0.25) is 5.91 Å². The van der Waals surface area contributed by atoms with Gasteiger partial charge in [-0.15, -0.1) is 0 Å². The molecule has 4 heterocycles. The Hall–Kier alpha value is -2.07. The lowest BCUT2D eigenvalue weighted by molar-refractivity contribution is -0.135. The normalized spacial score (nSPS) is 31.2. The highest BCUT2D eigenvalue weighted by Crippen LogP contribution is 2.45. The van der Waals surface area contributed by atoms with Crippen molar-refractivity contribution in [2.45, 2.75) is 57.0 Å². The van der Waals surface area contributed by atoms with Crippen molar-refractivity contribution < 1.29 is 4.79 Å². The average Bonchev–Trinajstić information content (AvgIpc) is 3.09. The fourth-order valence-corrected chi connectivity index (χ4v) is 7.08. The fourth-order valence-electron chi connectivity index (χ4n) is 7.08. The summed E-state index contributed by atoms with van der Waals surface area (Å²) in [4.78, 5) is 18.6. The van der Waals surface area contributed by atoms with E-state index in [1.54, 1.807) is 5.57 Å². The van der Waals surface area contributed by atoms with Crippen molar-refractivity contribution in [1.29, 1.82) is 0 Å². The Morgan fingerprint density at radius 2 is 2.03 bits per heavy atom. The molecule has 0 spiro atoms. The van der Waals surface area contributed by atoms with E-state index in [0.717, 1.165) is 24.9 Å². The maximum Gasteiger partial charge on any atom is 0.227 e. The topological polar surface area (TPSA) is 28.5 Å². The predicted molar refractivity (Wildman–Crippen MR) is 120 cm³/mol. The maximum atomic E-state index is 13.6. The lowest BCUT2D eigenvalue weighted by atomic mass is 9.68. The lowest BCUT2D eigenvalue weighted by Crippen LogP contribution is -2.60. The molecule has 4 heteroatoms. The maximum absolute atomic E-state index is 13.6. The molecule has 0 N–H and O–H groups in total. The number of hydrogen-bond donors (Lipinski definition) is 0. The first-order valence-corrected chi connectivity index (χ1v) is 12.0. The number of aryl methyl sites for hydroxylation is 1. The third-order valence-electron chi connectivity index (χ3n) is 8.30. The first-order valence-electron chi connectivity index (χ1n) is 12.0. The van der Waals surface area contributed by atoms with Crippen molar-refractivity contribution in [2.75, 3.05) is 19.6 Å². The molecule has 4 atom stereocenters. The minimum Gasteiger partial charge on any atom is -0.350 e. The largest absolute Gasteiger partial charge is 0.350 e. The second kappa shape index (κ2) is 7.26. The molecule has 0 saturated carbocycles. The van der Waals surface area contributed by atoms with Crippen LogP contribution in [0.3, 0.4) is 0 Å². The summed E-state index contributed by atoms with van der Waals surface area (Å²) in [5.41, 5.74) is 3.96. The second-order valence-electron chi connectivity index (χ2n) is 10.1. The summed E-state index contributed by atoms with van der Waals surface area (Å²) in [5.74, 6) is 1.67. The number of hydrogen-bond acceptors (Lipinski definition) is 2. The van der Waals surface area contributed by atoms with E-state index >= 15 is 0 Å². The number of fused-ring (bicyclic) bond motifs is 7. The third kappa shape index (κ3) is 2.95. The van der Waals surface area contributed by atoms with Crippen LogP contribution in [0.2, 0.25) is 0 Å². The molecule has 2 aromatic rings. The number of carbonyl (C=O) groups excluding carboxylic acids is 1. The number of benzene rings is 1. The van der Waals surface area contributed by atoms with Gasteiger partial charge in [-0.3, -0.25) is 9.69 Å². The Morgan fingerprint density at radius 1 is 1.13 bits per heavy atom. The summed E-state index contributed by atoms with van der Waals surface area (Å²) in [5, 5.41) is 1.22. The van der Waals surface area contributed by atoms with Gasteiger partial charge >= 0.3 is 0 Å². The lowest BCUT2D eigenvalue weighted by Gasteiger charge is -2.54. The summed E-state index contributed by atoms with van der Waals surface area (Å²) in [6, 6.07) is 9.57. The van der Waals surface area contributed by atoms with Crippen molar-refractivity contribution in [2.24, 2.45) is 18.9 Å². The molecule has 3 fully saturated rings. The van der Waals surface area contributed by atoms with Crippen molar-refractivity contribution in [3.63, 3.8) is 0 Å². The highest BCUT2D eigenvalue weighted by Gasteiger charge is 2.46. The van der Waals surface area contributed by atoms with Crippen LogP contribution in [-0.2, 0) is 18.3 Å². The van der Waals surface area contributed by atoms with Gasteiger partial charge in [0.25, 0.3) is 0 Å². The zero-order valence-corrected chi connectivity index (χ0v) is 18.1. The number of amides is 1. The van der Waals surface area contributed by atoms with Gasteiger partial charge in [0.1, 0.15) is 0 Å². The molecule has 0 radical (unpaired) electrons. The van der Waals surface area contributed by atoms with Gasteiger partial charge in [-0.2, -0.15) is 0 Å². The van der Waals surface area contributed by atoms with E-state index in [0.29, 0.717) is 24.3 Å². The molecule has 4 nitrogen and oxygen atoms in total. The molecule has 4 unspecified atom stereocenters. The van der Waals surface area contributed by atoms with Gasteiger partial charge in [-0.25, -0.2) is 0 Å². The highest BCUT2D eigenvalue weighted by atomic mass is 16.2. The molecule has 6 rings (SSSR count). The van der Waals surface area contributed by atoms with Crippen molar-refractivity contribution in [3.05, 3.63) is 47.7 Å². The SMILES string of the molecule is Cn1cc(CC(=O)N2CCCC3=CC4CC(CN5CCCCC45)C32)c2ccccc21. The predicted octanol–water partition coefficient (Wildman–Crippen LogP) is 4.14. The first-order chi connectivity index (χ1) is 14.7. The summed E-state index contributed by atoms with van der Waals surface area (Å²) < 4.78 is 2.16. The zero-order chi connectivity index (χ0) is 20.2. The number of nitrogens with zero attached hydrogens (tertiary/aromatic N) is 3. The third-order valence-corrected chi connectivity index (χ3v) is 8.30. The molecule has 1 aromatic carbocycles. The van der Waals surface area contributed by atoms with E-state index < -0.39 is 0 Å². The molecule has 158 valence electrons. The number of carbonyl (C=O) groups is 1. The monoisotopic (exact) mass is 403 g/mol. The van der Waals surface area contributed by atoms with Gasteiger partial charge in [-0.05, 0) is 62.1 Å². The quantitative estimate of drug-likeness (QED) is 0.705. The average molecular weight is 404 g/mol. The molecule has 30 heavy (non-hydrogen) atoms. The Bertz CT molecular complexity index is 1000. The number of piperidine rings is 3. The van der Waals surface area contributed by atoms with Crippen LogP contribution < -0.4 is 0 Å². The molecular formula is C26H33N3O. The van der Waals surface area contributed by atoms with Crippen LogP contribution in [0.1, 0.15) is 44.1 Å². The Balaban J connectivity index is 1.28. The summed E-state index contributed by atoms with van der Waals surface area (Å²) in [6.45, 7) is 3.38. The number of aromatic nitrogens is 1. The van der Waals surface area contributed by atoms with Crippen molar-refractivity contribution >= 4 is 16.8 Å². The van der Waals surface area contributed by atoms with Gasteiger partial charge < -0.3 is 9.47 Å². The van der Waals surface area contributed by atoms with Crippen LogP contribution in [-0.4, -0.2) is 52.0 Å². The van der Waals surface area contributed by atoms with E-state index in [9.17, 15) is 4.79 Å². The number of rotatable bonds is 2. The van der Waals surface area contributed by atoms with E-state index in [1.807, 2.05) is 0 Å². The van der Waals surface area contributed by atoms with Gasteiger partial charge in [0, 0.05) is 43.3 Å². The fraction of sp³-hybridized carbons (Fsp3) is 0.577. The summed E-state index contributed by atoms with van der Waals surface area (Å²) in [6.07, 6.45) is 13.0. The highest BCUT2D eigenvalue weighted by molar-refractivity contribution is 5.89. The summed E-state index contributed by atoms with van der Waals surface area (Å²) in [7, 11) is 2.08. The van der Waals surface area contributed by atoms with E-state index in [1.165, 1.54) is 61.7 Å². The van der Waals surface area contributed by atoms with Crippen LogP contribution in [0.25, 0.3) is 10.9 Å². The molecular weight excluding hydrogens is 370 g/mol. The minimum absolute atomic E-state index is 0.321. The Kier molecular flexibility index (Phi) is 4.52. The van der Waals surface area contributed by atoms with Crippen LogP contribution >= 0.6 is 0 Å². The molecule has 1 aromatic heterocycles. The van der Waals surface area contributed by atoms with Crippen LogP contribution in [0.4, 0.5) is 0 Å². The molecule has 2 bridgehead atoms. The minimum atomic E-state index is 0.321. The van der Waals surface area contributed by atoms with Crippen LogP contribution in [0, 0.1) is 11.8 Å². The smallest absolute Gasteiger partial charge is 0.227 e. The van der Waals surface area contributed by atoms with Crippen molar-refractivity contribution in [1.82, 2.24) is 14.4 Å². The number of likely N-dealkylation sites (tertiary alicyclic amines) is 1.